The number of benzene rings is 2. The van der Waals surface area contributed by atoms with Crippen molar-refractivity contribution in [2.24, 2.45) is 0 Å². The van der Waals surface area contributed by atoms with E-state index in [1.807, 2.05) is 54.6 Å². The Morgan fingerprint density at radius 2 is 1.71 bits per heavy atom. The molecule has 1 aliphatic carbocycles. The lowest BCUT2D eigenvalue weighted by atomic mass is 9.80. The maximum absolute atomic E-state index is 13.6. The summed E-state index contributed by atoms with van der Waals surface area (Å²) in [6, 6.07) is 18.2. The first-order chi connectivity index (χ1) is 15.0. The smallest absolute Gasteiger partial charge is 0.251 e. The standard InChI is InChI=1S/C27H32N2O2/c1-20(2)22-13-15-24(16-14-22)29-25(30)19-27(29,18-17-21-9-5-3-6-10-21)26(31)28-23-11-7-4-8-12-23/h3,5-6,9-10,13-18,20,23H,4,7-8,11-12,19H2,1-2H3,(H,28,31)/b18-17+. The molecule has 162 valence electrons. The highest BCUT2D eigenvalue weighted by Gasteiger charge is 2.55. The summed E-state index contributed by atoms with van der Waals surface area (Å²) in [5, 5.41) is 3.26. The molecule has 1 N–H and O–H groups in total. The van der Waals surface area contributed by atoms with Crippen molar-refractivity contribution < 1.29 is 9.59 Å². The minimum Gasteiger partial charge on any atom is -0.351 e. The van der Waals surface area contributed by atoms with Gasteiger partial charge in [0.15, 0.2) is 5.54 Å². The molecule has 1 atom stereocenters. The molecule has 1 saturated heterocycles. The van der Waals surface area contributed by atoms with Crippen LogP contribution in [0.5, 0.6) is 0 Å². The molecule has 1 heterocycles. The lowest BCUT2D eigenvalue weighted by Crippen LogP contribution is -2.70. The molecule has 0 aromatic heterocycles. The fourth-order valence-electron chi connectivity index (χ4n) is 4.65. The third kappa shape index (κ3) is 4.43. The molecular weight excluding hydrogens is 384 g/mol. The summed E-state index contributed by atoms with van der Waals surface area (Å²) in [5.74, 6) is 0.325. The van der Waals surface area contributed by atoms with Gasteiger partial charge in [0.05, 0.1) is 6.42 Å². The van der Waals surface area contributed by atoms with Crippen LogP contribution in [-0.2, 0) is 9.59 Å². The van der Waals surface area contributed by atoms with Crippen LogP contribution in [0.3, 0.4) is 0 Å². The van der Waals surface area contributed by atoms with Gasteiger partial charge < -0.3 is 5.32 Å². The van der Waals surface area contributed by atoms with E-state index in [2.05, 4.69) is 31.3 Å². The number of carbonyl (C=O) groups is 2. The lowest BCUT2D eigenvalue weighted by Gasteiger charge is -2.49. The van der Waals surface area contributed by atoms with Crippen molar-refractivity contribution in [3.05, 3.63) is 71.8 Å². The monoisotopic (exact) mass is 416 g/mol. The van der Waals surface area contributed by atoms with Crippen molar-refractivity contribution in [3.8, 4) is 0 Å². The van der Waals surface area contributed by atoms with Crippen molar-refractivity contribution in [2.45, 2.75) is 69.9 Å². The van der Waals surface area contributed by atoms with E-state index in [4.69, 9.17) is 0 Å². The summed E-state index contributed by atoms with van der Waals surface area (Å²) in [6.45, 7) is 4.29. The van der Waals surface area contributed by atoms with Gasteiger partial charge in [0.2, 0.25) is 5.91 Å². The first-order valence-electron chi connectivity index (χ1n) is 11.5. The molecule has 2 aromatic rings. The Kier molecular flexibility index (Phi) is 6.26. The van der Waals surface area contributed by atoms with Crippen LogP contribution in [0.15, 0.2) is 60.7 Å². The predicted molar refractivity (Wildman–Crippen MR) is 126 cm³/mol. The van der Waals surface area contributed by atoms with Crippen molar-refractivity contribution in [3.63, 3.8) is 0 Å². The molecular formula is C27H32N2O2. The zero-order chi connectivity index (χ0) is 21.8. The Morgan fingerprint density at radius 3 is 2.32 bits per heavy atom. The predicted octanol–water partition coefficient (Wildman–Crippen LogP) is 5.45. The summed E-state index contributed by atoms with van der Waals surface area (Å²) < 4.78 is 0. The highest BCUT2D eigenvalue weighted by molar-refractivity contribution is 6.15. The minimum atomic E-state index is -0.982. The van der Waals surface area contributed by atoms with E-state index >= 15 is 0 Å². The number of rotatable bonds is 6. The lowest BCUT2D eigenvalue weighted by molar-refractivity contribution is -0.137. The van der Waals surface area contributed by atoms with Gasteiger partial charge in [-0.1, -0.05) is 81.7 Å². The second-order valence-corrected chi connectivity index (χ2v) is 9.13. The van der Waals surface area contributed by atoms with Gasteiger partial charge in [-0.15, -0.1) is 0 Å². The maximum Gasteiger partial charge on any atom is 0.251 e. The molecule has 0 spiro atoms. The number of nitrogens with zero attached hydrogens (tertiary/aromatic N) is 1. The molecule has 4 heteroatoms. The van der Waals surface area contributed by atoms with E-state index in [0.29, 0.717) is 5.92 Å². The molecule has 1 aliphatic heterocycles. The number of hydrogen-bond donors (Lipinski definition) is 1. The van der Waals surface area contributed by atoms with Crippen LogP contribution < -0.4 is 10.2 Å². The van der Waals surface area contributed by atoms with Crippen LogP contribution >= 0.6 is 0 Å². The Hall–Kier alpha value is -2.88. The average molecular weight is 417 g/mol. The van der Waals surface area contributed by atoms with Crippen LogP contribution in [0, 0.1) is 0 Å². The third-order valence-electron chi connectivity index (χ3n) is 6.57. The van der Waals surface area contributed by atoms with Gasteiger partial charge in [-0.25, -0.2) is 0 Å². The number of hydrogen-bond acceptors (Lipinski definition) is 2. The molecule has 4 nitrogen and oxygen atoms in total. The number of β-lactam (4-membered cyclic amide) rings is 1. The van der Waals surface area contributed by atoms with Gasteiger partial charge in [-0.2, -0.15) is 0 Å². The van der Waals surface area contributed by atoms with Gasteiger partial charge in [0.25, 0.3) is 5.91 Å². The molecule has 0 radical (unpaired) electrons. The van der Waals surface area contributed by atoms with Crippen molar-refractivity contribution in [1.29, 1.82) is 0 Å². The van der Waals surface area contributed by atoms with Gasteiger partial charge >= 0.3 is 0 Å². The summed E-state index contributed by atoms with van der Waals surface area (Å²) in [4.78, 5) is 28.0. The Labute approximate surface area is 185 Å². The largest absolute Gasteiger partial charge is 0.351 e. The summed E-state index contributed by atoms with van der Waals surface area (Å²) in [7, 11) is 0. The fraction of sp³-hybridized carbons (Fsp3) is 0.407. The normalized spacial score (nSPS) is 22.0. The van der Waals surface area contributed by atoms with Gasteiger partial charge in [-0.05, 0) is 48.1 Å². The quantitative estimate of drug-likeness (QED) is 0.637. The van der Waals surface area contributed by atoms with Crippen LogP contribution in [-0.4, -0.2) is 23.4 Å². The minimum absolute atomic E-state index is 0.0196. The Morgan fingerprint density at radius 1 is 1.03 bits per heavy atom. The molecule has 4 rings (SSSR count). The molecule has 2 aromatic carbocycles. The number of amides is 2. The molecule has 2 amide bonds. The van der Waals surface area contributed by atoms with Crippen molar-refractivity contribution in [2.75, 3.05) is 4.90 Å². The zero-order valence-electron chi connectivity index (χ0n) is 18.5. The number of anilines is 1. The first-order valence-corrected chi connectivity index (χ1v) is 11.5. The average Bonchev–Trinajstić information content (AvgIpc) is 2.78. The first kappa shape index (κ1) is 21.4. The van der Waals surface area contributed by atoms with Crippen LogP contribution in [0.2, 0.25) is 0 Å². The highest BCUT2D eigenvalue weighted by atomic mass is 16.2. The maximum atomic E-state index is 13.6. The fourth-order valence-corrected chi connectivity index (χ4v) is 4.65. The van der Waals surface area contributed by atoms with E-state index in [-0.39, 0.29) is 24.3 Å². The van der Waals surface area contributed by atoms with Crippen molar-refractivity contribution in [1.82, 2.24) is 5.32 Å². The molecule has 2 fully saturated rings. The van der Waals surface area contributed by atoms with E-state index in [9.17, 15) is 9.59 Å². The van der Waals surface area contributed by atoms with Crippen LogP contribution in [0.25, 0.3) is 6.08 Å². The highest BCUT2D eigenvalue weighted by Crippen LogP contribution is 2.40. The van der Waals surface area contributed by atoms with Gasteiger partial charge in [0, 0.05) is 11.7 Å². The summed E-state index contributed by atoms with van der Waals surface area (Å²) in [5.41, 5.74) is 2.02. The molecule has 1 saturated carbocycles. The number of nitrogens with one attached hydrogen (secondary N) is 1. The van der Waals surface area contributed by atoms with Crippen LogP contribution in [0.1, 0.15) is 69.4 Å². The van der Waals surface area contributed by atoms with Crippen LogP contribution in [0.4, 0.5) is 5.69 Å². The second kappa shape index (κ2) is 9.09. The molecule has 1 unspecified atom stereocenters. The van der Waals surface area contributed by atoms with Gasteiger partial charge in [0.1, 0.15) is 0 Å². The number of carbonyl (C=O) groups excluding carboxylic acids is 2. The molecule has 2 aliphatic rings. The van der Waals surface area contributed by atoms with E-state index in [0.717, 1.165) is 36.9 Å². The molecule has 0 bridgehead atoms. The SMILES string of the molecule is CC(C)c1ccc(N2C(=O)CC2(/C=C/c2ccccc2)C(=O)NC2CCCCC2)cc1. The van der Waals surface area contributed by atoms with E-state index in [1.165, 1.54) is 12.0 Å². The third-order valence-corrected chi connectivity index (χ3v) is 6.57. The van der Waals surface area contributed by atoms with E-state index in [1.54, 1.807) is 4.90 Å². The van der Waals surface area contributed by atoms with E-state index < -0.39 is 5.54 Å². The second-order valence-electron chi connectivity index (χ2n) is 9.13. The Balaban J connectivity index is 1.66. The topological polar surface area (TPSA) is 49.4 Å². The summed E-state index contributed by atoms with van der Waals surface area (Å²) >= 11 is 0. The molecule has 31 heavy (non-hydrogen) atoms. The Bertz CT molecular complexity index is 943. The van der Waals surface area contributed by atoms with Crippen molar-refractivity contribution >= 4 is 23.6 Å². The van der Waals surface area contributed by atoms with Gasteiger partial charge in [-0.3, -0.25) is 14.5 Å². The zero-order valence-corrected chi connectivity index (χ0v) is 18.5. The summed E-state index contributed by atoms with van der Waals surface area (Å²) in [6.07, 6.45) is 9.64.